The van der Waals surface area contributed by atoms with Crippen molar-refractivity contribution in [1.29, 1.82) is 0 Å². The quantitative estimate of drug-likeness (QED) is 0.751. The summed E-state index contributed by atoms with van der Waals surface area (Å²) in [5.74, 6) is -0.451. The van der Waals surface area contributed by atoms with Crippen molar-refractivity contribution < 1.29 is 4.79 Å². The summed E-state index contributed by atoms with van der Waals surface area (Å²) < 4.78 is 0. The summed E-state index contributed by atoms with van der Waals surface area (Å²) in [6.07, 6.45) is 3.94. The predicted octanol–water partition coefficient (Wildman–Crippen LogP) is 0.781. The molecular weight excluding hydrogens is 178 g/mol. The zero-order valence-electron chi connectivity index (χ0n) is 7.94. The van der Waals surface area contributed by atoms with E-state index in [0.29, 0.717) is 5.69 Å². The molecule has 4 heteroatoms. The lowest BCUT2D eigenvalue weighted by Gasteiger charge is -2.18. The van der Waals surface area contributed by atoms with E-state index in [1.807, 2.05) is 12.1 Å². The number of rotatable bonds is 2. The van der Waals surface area contributed by atoms with Gasteiger partial charge in [0, 0.05) is 19.3 Å². The second-order valence-corrected chi connectivity index (χ2v) is 3.43. The number of carbonyl (C=O) groups is 1. The maximum atomic E-state index is 11.1. The summed E-state index contributed by atoms with van der Waals surface area (Å²) >= 11 is 0. The largest absolute Gasteiger partial charge is 0.370 e. The Morgan fingerprint density at radius 2 is 2.14 bits per heavy atom. The Hall–Kier alpha value is -1.58. The van der Waals surface area contributed by atoms with Gasteiger partial charge in [0.2, 0.25) is 0 Å². The Morgan fingerprint density at radius 3 is 2.79 bits per heavy atom. The summed E-state index contributed by atoms with van der Waals surface area (Å²) in [7, 11) is 0. The lowest BCUT2D eigenvalue weighted by Crippen LogP contribution is -2.23. The molecule has 74 valence electrons. The van der Waals surface area contributed by atoms with E-state index in [4.69, 9.17) is 5.73 Å². The first kappa shape index (κ1) is 8.99. The Kier molecular flexibility index (Phi) is 2.35. The van der Waals surface area contributed by atoms with Gasteiger partial charge in [-0.05, 0) is 25.0 Å². The van der Waals surface area contributed by atoms with Gasteiger partial charge in [-0.25, -0.2) is 4.98 Å². The maximum Gasteiger partial charge on any atom is 0.269 e. The summed E-state index contributed by atoms with van der Waals surface area (Å²) in [4.78, 5) is 17.3. The van der Waals surface area contributed by atoms with Crippen LogP contribution in [-0.4, -0.2) is 24.0 Å². The third kappa shape index (κ3) is 1.55. The van der Waals surface area contributed by atoms with Crippen LogP contribution in [0.3, 0.4) is 0 Å². The Balaban J connectivity index is 2.35. The normalized spacial score (nSPS) is 15.9. The van der Waals surface area contributed by atoms with Crippen molar-refractivity contribution >= 4 is 11.6 Å². The van der Waals surface area contributed by atoms with Crippen LogP contribution >= 0.6 is 0 Å². The zero-order valence-corrected chi connectivity index (χ0v) is 7.94. The molecule has 0 unspecified atom stereocenters. The molecule has 0 radical (unpaired) electrons. The number of amides is 1. The molecule has 1 aromatic rings. The Morgan fingerprint density at radius 1 is 1.43 bits per heavy atom. The predicted molar refractivity (Wildman–Crippen MR) is 54.2 cm³/mol. The molecule has 14 heavy (non-hydrogen) atoms. The van der Waals surface area contributed by atoms with Crippen LogP contribution in [0.1, 0.15) is 23.3 Å². The summed E-state index contributed by atoms with van der Waals surface area (Å²) in [6.45, 7) is 1.98. The van der Waals surface area contributed by atoms with Crippen LogP contribution in [0.15, 0.2) is 18.3 Å². The van der Waals surface area contributed by atoms with Gasteiger partial charge in [-0.15, -0.1) is 0 Å². The zero-order chi connectivity index (χ0) is 9.97. The maximum absolute atomic E-state index is 11.1. The van der Waals surface area contributed by atoms with Gasteiger partial charge in [0.05, 0.1) is 5.69 Å². The lowest BCUT2D eigenvalue weighted by molar-refractivity contribution is 0.0996. The smallest absolute Gasteiger partial charge is 0.269 e. The molecule has 0 aromatic carbocycles. The number of nitrogens with zero attached hydrogens (tertiary/aromatic N) is 2. The van der Waals surface area contributed by atoms with E-state index in [2.05, 4.69) is 9.88 Å². The van der Waals surface area contributed by atoms with Crippen LogP contribution in [0.2, 0.25) is 0 Å². The second kappa shape index (κ2) is 3.65. The SMILES string of the molecule is NC(=O)c1ncccc1N1CCCC1. The molecule has 1 amide bonds. The van der Waals surface area contributed by atoms with E-state index in [0.717, 1.165) is 18.8 Å². The van der Waals surface area contributed by atoms with Gasteiger partial charge in [0.25, 0.3) is 5.91 Å². The highest BCUT2D eigenvalue weighted by Gasteiger charge is 2.18. The number of hydrogen-bond donors (Lipinski definition) is 1. The third-order valence-corrected chi connectivity index (χ3v) is 2.47. The topological polar surface area (TPSA) is 59.2 Å². The molecule has 2 heterocycles. The number of pyridine rings is 1. The van der Waals surface area contributed by atoms with Gasteiger partial charge >= 0.3 is 0 Å². The molecule has 0 aliphatic carbocycles. The van der Waals surface area contributed by atoms with Gasteiger partial charge in [-0.2, -0.15) is 0 Å². The van der Waals surface area contributed by atoms with Crippen LogP contribution in [0, 0.1) is 0 Å². The number of carbonyl (C=O) groups excluding carboxylic acids is 1. The second-order valence-electron chi connectivity index (χ2n) is 3.43. The molecular formula is C10H13N3O. The number of nitrogens with two attached hydrogens (primary N) is 1. The van der Waals surface area contributed by atoms with Crippen LogP contribution in [0.5, 0.6) is 0 Å². The molecule has 0 spiro atoms. The van der Waals surface area contributed by atoms with Crippen molar-refractivity contribution in [2.75, 3.05) is 18.0 Å². The van der Waals surface area contributed by atoms with E-state index in [1.165, 1.54) is 12.8 Å². The standard InChI is InChI=1S/C10H13N3O/c11-10(14)9-8(4-3-5-12-9)13-6-1-2-7-13/h3-5H,1-2,6-7H2,(H2,11,14). The van der Waals surface area contributed by atoms with E-state index in [1.54, 1.807) is 6.20 Å². The van der Waals surface area contributed by atoms with Gasteiger partial charge in [0.15, 0.2) is 5.69 Å². The van der Waals surface area contributed by atoms with E-state index in [9.17, 15) is 4.79 Å². The van der Waals surface area contributed by atoms with Crippen LogP contribution in [-0.2, 0) is 0 Å². The fourth-order valence-electron chi connectivity index (χ4n) is 1.80. The highest BCUT2D eigenvalue weighted by molar-refractivity contribution is 5.96. The summed E-state index contributed by atoms with van der Waals surface area (Å²) in [6, 6.07) is 3.73. The molecule has 1 fully saturated rings. The average molecular weight is 191 g/mol. The molecule has 2 rings (SSSR count). The van der Waals surface area contributed by atoms with E-state index < -0.39 is 5.91 Å². The molecule has 4 nitrogen and oxygen atoms in total. The van der Waals surface area contributed by atoms with Crippen LogP contribution < -0.4 is 10.6 Å². The molecule has 1 saturated heterocycles. The number of primary amides is 1. The summed E-state index contributed by atoms with van der Waals surface area (Å²) in [5.41, 5.74) is 6.51. The van der Waals surface area contributed by atoms with Crippen molar-refractivity contribution in [2.24, 2.45) is 5.73 Å². The van der Waals surface area contributed by atoms with Crippen molar-refractivity contribution in [3.05, 3.63) is 24.0 Å². The molecule has 1 aromatic heterocycles. The van der Waals surface area contributed by atoms with Gasteiger partial charge in [0.1, 0.15) is 0 Å². The van der Waals surface area contributed by atoms with Crippen molar-refractivity contribution in [1.82, 2.24) is 4.98 Å². The first-order valence-electron chi connectivity index (χ1n) is 4.79. The van der Waals surface area contributed by atoms with Gasteiger partial charge in [-0.1, -0.05) is 0 Å². The van der Waals surface area contributed by atoms with Crippen molar-refractivity contribution in [2.45, 2.75) is 12.8 Å². The van der Waals surface area contributed by atoms with Crippen molar-refractivity contribution in [3.63, 3.8) is 0 Å². The average Bonchev–Trinajstić information content (AvgIpc) is 2.70. The molecule has 1 aliphatic heterocycles. The van der Waals surface area contributed by atoms with Crippen LogP contribution in [0.25, 0.3) is 0 Å². The molecule has 0 bridgehead atoms. The fourth-order valence-corrected chi connectivity index (χ4v) is 1.80. The van der Waals surface area contributed by atoms with Gasteiger partial charge < -0.3 is 10.6 Å². The first-order valence-corrected chi connectivity index (χ1v) is 4.79. The summed E-state index contributed by atoms with van der Waals surface area (Å²) in [5, 5.41) is 0. The molecule has 0 atom stereocenters. The van der Waals surface area contributed by atoms with Crippen molar-refractivity contribution in [3.8, 4) is 0 Å². The lowest BCUT2D eigenvalue weighted by atomic mass is 10.2. The highest BCUT2D eigenvalue weighted by Crippen LogP contribution is 2.22. The molecule has 1 aliphatic rings. The first-order chi connectivity index (χ1) is 6.79. The number of aromatic nitrogens is 1. The highest BCUT2D eigenvalue weighted by atomic mass is 16.1. The minimum atomic E-state index is -0.451. The minimum absolute atomic E-state index is 0.384. The van der Waals surface area contributed by atoms with E-state index >= 15 is 0 Å². The van der Waals surface area contributed by atoms with Gasteiger partial charge in [-0.3, -0.25) is 4.79 Å². The Bertz CT molecular complexity index is 345. The number of anilines is 1. The van der Waals surface area contributed by atoms with Crippen LogP contribution in [0.4, 0.5) is 5.69 Å². The molecule has 2 N–H and O–H groups in total. The minimum Gasteiger partial charge on any atom is -0.370 e. The fraction of sp³-hybridized carbons (Fsp3) is 0.400. The third-order valence-electron chi connectivity index (χ3n) is 2.47. The number of hydrogen-bond acceptors (Lipinski definition) is 3. The molecule has 0 saturated carbocycles. The monoisotopic (exact) mass is 191 g/mol. The van der Waals surface area contributed by atoms with E-state index in [-0.39, 0.29) is 0 Å². The Labute approximate surface area is 82.7 Å².